The van der Waals surface area contributed by atoms with Gasteiger partial charge in [0.1, 0.15) is 0 Å². The third-order valence-electron chi connectivity index (χ3n) is 3.55. The van der Waals surface area contributed by atoms with Crippen LogP contribution in [0.15, 0.2) is 12.2 Å². The molecule has 0 heterocycles. The van der Waals surface area contributed by atoms with Crippen LogP contribution in [0.5, 0.6) is 0 Å². The zero-order chi connectivity index (χ0) is 8.39. The second-order valence-electron chi connectivity index (χ2n) is 4.52. The number of hydrogen-bond donors (Lipinski definition) is 0. The first-order chi connectivity index (χ1) is 5.90. The molecule has 2 aliphatic carbocycles. The van der Waals surface area contributed by atoms with Gasteiger partial charge in [0.05, 0.1) is 0 Å². The molecule has 0 aliphatic heterocycles. The van der Waals surface area contributed by atoms with E-state index in [0.717, 1.165) is 17.8 Å². The van der Waals surface area contributed by atoms with E-state index in [-0.39, 0.29) is 0 Å². The van der Waals surface area contributed by atoms with Crippen LogP contribution in [0.2, 0.25) is 0 Å². The monoisotopic (exact) mass is 164 g/mol. The molecule has 2 rings (SSSR count). The molecule has 3 atom stereocenters. The molecule has 68 valence electrons. The Morgan fingerprint density at radius 2 is 2.25 bits per heavy atom. The van der Waals surface area contributed by atoms with E-state index in [0.29, 0.717) is 0 Å². The van der Waals surface area contributed by atoms with Crippen molar-refractivity contribution in [3.8, 4) is 0 Å². The van der Waals surface area contributed by atoms with Crippen LogP contribution in [-0.4, -0.2) is 0 Å². The molecule has 0 nitrogen and oxygen atoms in total. The van der Waals surface area contributed by atoms with E-state index in [2.05, 4.69) is 19.1 Å². The van der Waals surface area contributed by atoms with Gasteiger partial charge in [-0.3, -0.25) is 0 Å². The number of hydrogen-bond acceptors (Lipinski definition) is 0. The fourth-order valence-electron chi connectivity index (χ4n) is 2.57. The topological polar surface area (TPSA) is 0 Å². The lowest BCUT2D eigenvalue weighted by molar-refractivity contribution is 0.460. The van der Waals surface area contributed by atoms with Crippen LogP contribution in [-0.2, 0) is 0 Å². The molecule has 3 unspecified atom stereocenters. The Bertz CT molecular complexity index is 169. The first-order valence-electron chi connectivity index (χ1n) is 5.56. The van der Waals surface area contributed by atoms with Crippen molar-refractivity contribution in [2.24, 2.45) is 17.8 Å². The van der Waals surface area contributed by atoms with E-state index in [1.54, 1.807) is 0 Å². The van der Waals surface area contributed by atoms with Crippen molar-refractivity contribution in [3.05, 3.63) is 12.2 Å². The fourth-order valence-corrected chi connectivity index (χ4v) is 2.57. The van der Waals surface area contributed by atoms with Gasteiger partial charge in [-0.05, 0) is 49.9 Å². The molecule has 0 aromatic heterocycles. The molecule has 2 aliphatic rings. The lowest BCUT2D eigenvalue weighted by atomic mass is 9.91. The summed E-state index contributed by atoms with van der Waals surface area (Å²) >= 11 is 0. The fraction of sp³-hybridized carbons (Fsp3) is 0.833. The highest BCUT2D eigenvalue weighted by Crippen LogP contribution is 2.46. The maximum Gasteiger partial charge on any atom is -0.0231 e. The molecular formula is C12H20. The smallest absolute Gasteiger partial charge is 0.0231 e. The van der Waals surface area contributed by atoms with Crippen molar-refractivity contribution in [2.45, 2.75) is 45.4 Å². The molecule has 0 radical (unpaired) electrons. The average molecular weight is 164 g/mol. The normalized spacial score (nSPS) is 39.9. The summed E-state index contributed by atoms with van der Waals surface area (Å²) in [6.07, 6.45) is 13.5. The molecule has 0 spiro atoms. The largest absolute Gasteiger partial charge is 0.0883 e. The molecule has 0 bridgehead atoms. The zero-order valence-corrected chi connectivity index (χ0v) is 8.13. The summed E-state index contributed by atoms with van der Waals surface area (Å²) < 4.78 is 0. The highest BCUT2D eigenvalue weighted by Gasteiger charge is 2.36. The van der Waals surface area contributed by atoms with Crippen LogP contribution < -0.4 is 0 Å². The second kappa shape index (κ2) is 3.64. The Balaban J connectivity index is 1.73. The lowest BCUT2D eigenvalue weighted by Crippen LogP contribution is -2.02. The summed E-state index contributed by atoms with van der Waals surface area (Å²) in [7, 11) is 0. The van der Waals surface area contributed by atoms with Crippen molar-refractivity contribution in [2.75, 3.05) is 0 Å². The maximum atomic E-state index is 2.47. The van der Waals surface area contributed by atoms with Gasteiger partial charge in [0, 0.05) is 0 Å². The van der Waals surface area contributed by atoms with Gasteiger partial charge in [0.25, 0.3) is 0 Å². The van der Waals surface area contributed by atoms with Crippen molar-refractivity contribution in [1.82, 2.24) is 0 Å². The predicted molar refractivity (Wildman–Crippen MR) is 53.0 cm³/mol. The SMILES string of the molecule is CCC1CC1CC1C=CCCC1. The van der Waals surface area contributed by atoms with Gasteiger partial charge in [-0.15, -0.1) is 0 Å². The lowest BCUT2D eigenvalue weighted by Gasteiger charge is -2.15. The highest BCUT2D eigenvalue weighted by molar-refractivity contribution is 4.97. The third-order valence-corrected chi connectivity index (χ3v) is 3.55. The number of rotatable bonds is 3. The highest BCUT2D eigenvalue weighted by atomic mass is 14.4. The molecule has 0 heteroatoms. The molecule has 1 saturated carbocycles. The van der Waals surface area contributed by atoms with Gasteiger partial charge < -0.3 is 0 Å². The minimum absolute atomic E-state index is 0.945. The molecular weight excluding hydrogens is 144 g/mol. The van der Waals surface area contributed by atoms with Crippen molar-refractivity contribution < 1.29 is 0 Å². The van der Waals surface area contributed by atoms with E-state index in [9.17, 15) is 0 Å². The standard InChI is InChI=1S/C12H20/c1-2-11-9-12(11)8-10-6-4-3-5-7-10/h4,6,10-12H,2-3,5,7-9H2,1H3. The summed E-state index contributed by atoms with van der Waals surface area (Å²) in [6.45, 7) is 2.33. The Morgan fingerprint density at radius 3 is 2.83 bits per heavy atom. The maximum absolute atomic E-state index is 2.47. The summed E-state index contributed by atoms with van der Waals surface area (Å²) in [6, 6.07) is 0. The van der Waals surface area contributed by atoms with Gasteiger partial charge in [0.2, 0.25) is 0 Å². The van der Waals surface area contributed by atoms with Crippen LogP contribution in [0.25, 0.3) is 0 Å². The predicted octanol–water partition coefficient (Wildman–Crippen LogP) is 3.78. The molecule has 0 saturated heterocycles. The minimum atomic E-state index is 0.945. The molecule has 1 fully saturated rings. The van der Waals surface area contributed by atoms with Gasteiger partial charge in [-0.1, -0.05) is 25.5 Å². The van der Waals surface area contributed by atoms with Gasteiger partial charge >= 0.3 is 0 Å². The summed E-state index contributed by atoms with van der Waals surface area (Å²) in [5.41, 5.74) is 0. The quantitative estimate of drug-likeness (QED) is 0.557. The molecule has 0 aromatic rings. The van der Waals surface area contributed by atoms with Crippen molar-refractivity contribution in [3.63, 3.8) is 0 Å². The van der Waals surface area contributed by atoms with Gasteiger partial charge in [0.15, 0.2) is 0 Å². The molecule has 12 heavy (non-hydrogen) atoms. The van der Waals surface area contributed by atoms with E-state index in [4.69, 9.17) is 0 Å². The Morgan fingerprint density at radius 1 is 1.33 bits per heavy atom. The minimum Gasteiger partial charge on any atom is -0.0883 e. The van der Waals surface area contributed by atoms with E-state index >= 15 is 0 Å². The first-order valence-corrected chi connectivity index (χ1v) is 5.56. The Labute approximate surface area is 76.1 Å². The average Bonchev–Trinajstić information content (AvgIpc) is 2.85. The number of allylic oxidation sites excluding steroid dienone is 2. The van der Waals surface area contributed by atoms with E-state index in [1.165, 1.54) is 38.5 Å². The van der Waals surface area contributed by atoms with E-state index in [1.807, 2.05) is 0 Å². The summed E-state index contributed by atoms with van der Waals surface area (Å²) in [5.74, 6) is 3.14. The Kier molecular flexibility index (Phi) is 2.53. The van der Waals surface area contributed by atoms with Crippen LogP contribution in [0, 0.1) is 17.8 Å². The summed E-state index contributed by atoms with van der Waals surface area (Å²) in [5, 5.41) is 0. The van der Waals surface area contributed by atoms with Gasteiger partial charge in [-0.2, -0.15) is 0 Å². The van der Waals surface area contributed by atoms with Crippen LogP contribution in [0.3, 0.4) is 0 Å². The zero-order valence-electron chi connectivity index (χ0n) is 8.13. The van der Waals surface area contributed by atoms with Crippen LogP contribution in [0.1, 0.15) is 45.4 Å². The molecule has 0 aromatic carbocycles. The molecule has 0 N–H and O–H groups in total. The van der Waals surface area contributed by atoms with E-state index < -0.39 is 0 Å². The van der Waals surface area contributed by atoms with Gasteiger partial charge in [-0.25, -0.2) is 0 Å². The molecule has 0 amide bonds. The first kappa shape index (κ1) is 8.34. The second-order valence-corrected chi connectivity index (χ2v) is 4.52. The van der Waals surface area contributed by atoms with Crippen LogP contribution in [0.4, 0.5) is 0 Å². The van der Waals surface area contributed by atoms with Crippen molar-refractivity contribution in [1.29, 1.82) is 0 Å². The van der Waals surface area contributed by atoms with Crippen LogP contribution >= 0.6 is 0 Å². The third kappa shape index (κ3) is 1.91. The Hall–Kier alpha value is -0.260. The van der Waals surface area contributed by atoms with Crippen molar-refractivity contribution >= 4 is 0 Å². The summed E-state index contributed by atoms with van der Waals surface area (Å²) in [4.78, 5) is 0.